The fraction of sp³-hybridized carbons (Fsp3) is 0. The van der Waals surface area contributed by atoms with Gasteiger partial charge >= 0.3 is 45.5 Å². The van der Waals surface area contributed by atoms with Crippen molar-refractivity contribution in [3.8, 4) is 0 Å². The third-order valence-electron chi connectivity index (χ3n) is 0. The van der Waals surface area contributed by atoms with Gasteiger partial charge in [0.1, 0.15) is 0 Å². The van der Waals surface area contributed by atoms with Crippen LogP contribution >= 0.6 is 0 Å². The first kappa shape index (κ1) is 25.2. The first-order valence-corrected chi connectivity index (χ1v) is 0. The molecule has 25 valence electrons. The summed E-state index contributed by atoms with van der Waals surface area (Å²) in [5, 5.41) is 0. The molecule has 0 bridgehead atoms. The summed E-state index contributed by atoms with van der Waals surface area (Å²) in [7, 11) is 0. The molecule has 4 heavy (non-hydrogen) atoms. The van der Waals surface area contributed by atoms with Crippen LogP contribution in [-0.2, 0) is 34.1 Å². The van der Waals surface area contributed by atoms with Crippen LogP contribution in [0.5, 0.6) is 0 Å². The van der Waals surface area contributed by atoms with E-state index < -0.39 is 0 Å². The van der Waals surface area contributed by atoms with Crippen molar-refractivity contribution >= 4 is 45.5 Å². The van der Waals surface area contributed by atoms with Crippen molar-refractivity contribution in [2.45, 2.75) is 0 Å². The molecule has 0 spiro atoms. The van der Waals surface area contributed by atoms with E-state index in [4.69, 9.17) is 0 Å². The fourth-order valence-electron chi connectivity index (χ4n) is 0. The normalized spacial score (nSPS) is 0. The minimum absolute atomic E-state index is 0. The number of hydrogen-bond donors (Lipinski definition) is 0. The molecule has 0 rings (SSSR count). The molecule has 0 aliphatic carbocycles. The molecule has 0 aromatic carbocycles. The molecule has 0 heterocycles. The largest absolute Gasteiger partial charge is 2.00 e. The first-order chi connectivity index (χ1) is 0. The Bertz CT molecular complexity index is 13.5. The SMILES string of the molecule is [Cu].[H-].[H-].[La].[Mn].[Sr+2]. The van der Waals surface area contributed by atoms with Gasteiger partial charge in [0.2, 0.25) is 0 Å². The molecule has 4 heteroatoms. The van der Waals surface area contributed by atoms with Crippen molar-refractivity contribution in [1.82, 2.24) is 0 Å². The summed E-state index contributed by atoms with van der Waals surface area (Å²) < 4.78 is 0. The molecule has 0 nitrogen and oxygen atoms in total. The zero-order valence-corrected chi connectivity index (χ0v) is 11.2. The topological polar surface area (TPSA) is 0 Å². The predicted molar refractivity (Wildman–Crippen MR) is 7.98 cm³/mol. The minimum Gasteiger partial charge on any atom is -1.00 e. The molecule has 0 amide bonds. The van der Waals surface area contributed by atoms with E-state index in [-0.39, 0.29) is 118 Å². The van der Waals surface area contributed by atoms with Crippen LogP contribution in [0.15, 0.2) is 0 Å². The van der Waals surface area contributed by atoms with Gasteiger partial charge < -0.3 is 2.85 Å². The Morgan fingerprint density at radius 3 is 1.25 bits per heavy atom. The van der Waals surface area contributed by atoms with Crippen molar-refractivity contribution in [1.29, 1.82) is 0 Å². The second kappa shape index (κ2) is 15.9. The standard InChI is InChI=1S/Cu.La.Mn.Sr.2H/q;;;+2;2*-1. The molecule has 0 saturated carbocycles. The van der Waals surface area contributed by atoms with E-state index in [0.29, 0.717) is 0 Å². The molecule has 0 fully saturated rings. The Hall–Kier alpha value is 3.71. The summed E-state index contributed by atoms with van der Waals surface area (Å²) in [5.74, 6) is 0. The first-order valence-electron chi connectivity index (χ1n) is 0. The predicted octanol–water partition coefficient (Wildman–Crippen LogP) is -0.161. The third-order valence-corrected chi connectivity index (χ3v) is 0. The monoisotopic (exact) mass is 347 g/mol. The molecule has 0 N–H and O–H groups in total. The number of hydrogen-bond acceptors (Lipinski definition) is 0. The van der Waals surface area contributed by atoms with Crippen LogP contribution in [0.3, 0.4) is 0 Å². The Kier molecular flexibility index (Phi) is 100. The van der Waals surface area contributed by atoms with Crippen LogP contribution in [0.25, 0.3) is 0 Å². The molecule has 0 aliphatic rings. The molecule has 3 radical (unpaired) electrons. The summed E-state index contributed by atoms with van der Waals surface area (Å²) in [6.07, 6.45) is 0. The van der Waals surface area contributed by atoms with Gasteiger partial charge in [0.15, 0.2) is 0 Å². The van der Waals surface area contributed by atoms with Crippen molar-refractivity contribution in [3.63, 3.8) is 0 Å². The molecule has 0 aliphatic heterocycles. The number of rotatable bonds is 0. The van der Waals surface area contributed by atoms with Crippen LogP contribution < -0.4 is 0 Å². The second-order valence-corrected chi connectivity index (χ2v) is 0. The summed E-state index contributed by atoms with van der Waals surface area (Å²) in [6, 6.07) is 0. The molecule has 0 unspecified atom stereocenters. The average Bonchev–Trinajstić information content (AvgIpc) is 0. The zero-order chi connectivity index (χ0) is 0. The fourth-order valence-corrected chi connectivity index (χ4v) is 0. The van der Waals surface area contributed by atoms with E-state index in [1.54, 1.807) is 0 Å². The Morgan fingerprint density at radius 1 is 1.25 bits per heavy atom. The van der Waals surface area contributed by atoms with Crippen LogP contribution in [-0.4, -0.2) is 45.5 Å². The van der Waals surface area contributed by atoms with E-state index in [2.05, 4.69) is 0 Å². The van der Waals surface area contributed by atoms with Gasteiger partial charge in [0.25, 0.3) is 0 Å². The van der Waals surface area contributed by atoms with Crippen molar-refractivity contribution in [2.75, 3.05) is 0 Å². The van der Waals surface area contributed by atoms with Gasteiger partial charge in [-0.05, 0) is 0 Å². The van der Waals surface area contributed by atoms with E-state index in [0.717, 1.165) is 0 Å². The molecule has 0 aromatic heterocycles. The maximum Gasteiger partial charge on any atom is 2.00 e. The molecule has 0 atom stereocenters. The van der Waals surface area contributed by atoms with E-state index in [9.17, 15) is 0 Å². The van der Waals surface area contributed by atoms with E-state index >= 15 is 0 Å². The molecular formula is H2CuLaMnSr. The van der Waals surface area contributed by atoms with Crippen molar-refractivity contribution in [2.24, 2.45) is 0 Å². The maximum absolute atomic E-state index is 0. The minimum atomic E-state index is 0. The van der Waals surface area contributed by atoms with Crippen LogP contribution in [0.2, 0.25) is 0 Å². The molecule has 0 aromatic rings. The van der Waals surface area contributed by atoms with Gasteiger partial charge in [-0.3, -0.25) is 0 Å². The average molecular weight is 347 g/mol. The van der Waals surface area contributed by atoms with Gasteiger partial charge in [-0.2, -0.15) is 0 Å². The summed E-state index contributed by atoms with van der Waals surface area (Å²) in [5.41, 5.74) is 0. The van der Waals surface area contributed by atoms with Gasteiger partial charge in [0, 0.05) is 69.7 Å². The van der Waals surface area contributed by atoms with Crippen LogP contribution in [0.4, 0.5) is 0 Å². The Labute approximate surface area is 115 Å². The van der Waals surface area contributed by atoms with Crippen molar-refractivity contribution < 1.29 is 72.6 Å². The smallest absolute Gasteiger partial charge is 1.00 e. The van der Waals surface area contributed by atoms with Gasteiger partial charge in [-0.25, -0.2) is 0 Å². The molecule has 0 saturated heterocycles. The summed E-state index contributed by atoms with van der Waals surface area (Å²) in [6.45, 7) is 0. The third kappa shape index (κ3) is 9.21. The van der Waals surface area contributed by atoms with Crippen LogP contribution in [0, 0.1) is 35.6 Å². The summed E-state index contributed by atoms with van der Waals surface area (Å²) in [4.78, 5) is 0. The van der Waals surface area contributed by atoms with Crippen LogP contribution in [0.1, 0.15) is 2.85 Å². The maximum atomic E-state index is 0. The quantitative estimate of drug-likeness (QED) is 0.535. The van der Waals surface area contributed by atoms with E-state index in [1.165, 1.54) is 0 Å². The van der Waals surface area contributed by atoms with Crippen molar-refractivity contribution in [3.05, 3.63) is 0 Å². The second-order valence-electron chi connectivity index (χ2n) is 0. The summed E-state index contributed by atoms with van der Waals surface area (Å²) >= 11 is 0. The Morgan fingerprint density at radius 2 is 1.25 bits per heavy atom. The van der Waals surface area contributed by atoms with Gasteiger partial charge in [0.05, 0.1) is 0 Å². The zero-order valence-electron chi connectivity index (χ0n) is 3.96. The van der Waals surface area contributed by atoms with Gasteiger partial charge in [-0.1, -0.05) is 0 Å². The Balaban J connectivity index is 0. The van der Waals surface area contributed by atoms with Gasteiger partial charge in [-0.15, -0.1) is 0 Å². The van der Waals surface area contributed by atoms with E-state index in [1.807, 2.05) is 0 Å². The molecular weight excluding hydrogens is 345 g/mol.